The summed E-state index contributed by atoms with van der Waals surface area (Å²) in [6.07, 6.45) is 3.72. The molecule has 0 spiro atoms. The Morgan fingerprint density at radius 3 is 2.45 bits per heavy atom. The number of halogens is 1. The van der Waals surface area contributed by atoms with E-state index in [-0.39, 0.29) is 12.2 Å². The molecular weight excluding hydrogens is 448 g/mol. The van der Waals surface area contributed by atoms with Crippen molar-refractivity contribution in [1.82, 2.24) is 0 Å². The Hall–Kier alpha value is -2.72. The molecule has 0 heterocycles. The molecule has 3 aromatic carbocycles. The van der Waals surface area contributed by atoms with Crippen molar-refractivity contribution < 1.29 is 9.53 Å². The number of hydrogen-bond acceptors (Lipinski definition) is 5. The molecular formula is C24H19ClN2O2S2. The largest absolute Gasteiger partial charge is 0.488 e. The number of carbonyl (C=O) groups excluding carboxylic acids is 1. The third-order valence-corrected chi connectivity index (χ3v) is 6.51. The SMILES string of the molecule is CSC(=NC(=O)c1c(OCc2ccccc2)ccc(C#N)c1-c1cccc(Cl)c1)SC. The molecule has 1 amide bonds. The number of nitriles is 1. The number of carbonyl (C=O) groups is 1. The van der Waals surface area contributed by atoms with Gasteiger partial charge in [0.15, 0.2) is 0 Å². The first-order chi connectivity index (χ1) is 15.1. The Balaban J connectivity index is 2.18. The molecule has 0 aliphatic rings. The third-order valence-electron chi connectivity index (χ3n) is 4.39. The summed E-state index contributed by atoms with van der Waals surface area (Å²) < 4.78 is 6.66. The second kappa shape index (κ2) is 11.1. The lowest BCUT2D eigenvalue weighted by molar-refractivity contribution is 0.1000. The fraction of sp³-hybridized carbons (Fsp3) is 0.125. The third kappa shape index (κ3) is 5.71. The summed E-state index contributed by atoms with van der Waals surface area (Å²) >= 11 is 8.98. The molecule has 4 nitrogen and oxygen atoms in total. The van der Waals surface area contributed by atoms with Gasteiger partial charge >= 0.3 is 0 Å². The van der Waals surface area contributed by atoms with Gasteiger partial charge in [0.05, 0.1) is 17.2 Å². The zero-order valence-corrected chi connectivity index (χ0v) is 19.4. The van der Waals surface area contributed by atoms with Crippen LogP contribution in [0.25, 0.3) is 11.1 Å². The highest BCUT2D eigenvalue weighted by atomic mass is 35.5. The van der Waals surface area contributed by atoms with Gasteiger partial charge in [0.25, 0.3) is 5.91 Å². The maximum atomic E-state index is 13.3. The fourth-order valence-corrected chi connectivity index (χ4v) is 4.21. The number of aliphatic imine (C=N–C) groups is 1. The first kappa shape index (κ1) is 23.0. The molecule has 0 aliphatic heterocycles. The van der Waals surface area contributed by atoms with E-state index in [4.69, 9.17) is 16.3 Å². The molecule has 0 unspecified atom stereocenters. The zero-order chi connectivity index (χ0) is 22.2. The molecule has 0 atom stereocenters. The Morgan fingerprint density at radius 2 is 1.81 bits per heavy atom. The van der Waals surface area contributed by atoms with Crippen LogP contribution >= 0.6 is 35.1 Å². The molecule has 0 aromatic heterocycles. The summed E-state index contributed by atoms with van der Waals surface area (Å²) in [5, 5.41) is 10.3. The molecule has 0 saturated carbocycles. The predicted octanol–water partition coefficient (Wildman–Crippen LogP) is 6.68. The van der Waals surface area contributed by atoms with Crippen LogP contribution in [0.2, 0.25) is 5.02 Å². The van der Waals surface area contributed by atoms with E-state index in [0.29, 0.717) is 31.8 Å². The van der Waals surface area contributed by atoms with Gasteiger partial charge in [-0.1, -0.05) is 54.1 Å². The summed E-state index contributed by atoms with van der Waals surface area (Å²) in [6.45, 7) is 0.281. The molecule has 31 heavy (non-hydrogen) atoms. The Kier molecular flexibility index (Phi) is 8.19. The van der Waals surface area contributed by atoms with E-state index in [1.807, 2.05) is 48.9 Å². The average molecular weight is 467 g/mol. The van der Waals surface area contributed by atoms with Gasteiger partial charge in [-0.15, -0.1) is 23.5 Å². The van der Waals surface area contributed by atoms with Crippen LogP contribution < -0.4 is 4.74 Å². The number of thioether (sulfide) groups is 2. The summed E-state index contributed by atoms with van der Waals surface area (Å²) in [7, 11) is 0. The monoisotopic (exact) mass is 466 g/mol. The molecule has 0 saturated heterocycles. The minimum atomic E-state index is -0.464. The first-order valence-corrected chi connectivity index (χ1v) is 12.1. The normalized spacial score (nSPS) is 10.3. The van der Waals surface area contributed by atoms with Crippen LogP contribution in [0.15, 0.2) is 71.7 Å². The maximum absolute atomic E-state index is 13.3. The van der Waals surface area contributed by atoms with Crippen molar-refractivity contribution >= 4 is 45.4 Å². The summed E-state index contributed by atoms with van der Waals surface area (Å²) in [6, 6.07) is 22.2. The van der Waals surface area contributed by atoms with E-state index in [9.17, 15) is 10.1 Å². The standard InChI is InChI=1S/C24H19ClN2O2S2/c1-30-24(31-2)27-23(28)22-20(29-15-16-7-4-3-5-8-16)12-11-18(14-26)21(22)17-9-6-10-19(25)13-17/h3-13H,15H2,1-2H3. The van der Waals surface area contributed by atoms with E-state index < -0.39 is 5.91 Å². The van der Waals surface area contributed by atoms with Crippen molar-refractivity contribution in [1.29, 1.82) is 5.26 Å². The molecule has 156 valence electrons. The van der Waals surface area contributed by atoms with Crippen LogP contribution in [-0.4, -0.2) is 22.8 Å². The molecule has 7 heteroatoms. The Morgan fingerprint density at radius 1 is 1.06 bits per heavy atom. The second-order valence-corrected chi connectivity index (χ2v) is 8.63. The summed E-state index contributed by atoms with van der Waals surface area (Å²) in [5.41, 5.74) is 2.68. The van der Waals surface area contributed by atoms with Gasteiger partial charge < -0.3 is 4.74 Å². The van der Waals surface area contributed by atoms with Gasteiger partial charge in [0.1, 0.15) is 16.7 Å². The van der Waals surface area contributed by atoms with Crippen LogP contribution in [0.4, 0.5) is 0 Å². The molecule has 3 aromatic rings. The van der Waals surface area contributed by atoms with Crippen molar-refractivity contribution in [3.63, 3.8) is 0 Å². The minimum Gasteiger partial charge on any atom is -0.488 e. The lowest BCUT2D eigenvalue weighted by Crippen LogP contribution is -2.07. The van der Waals surface area contributed by atoms with Gasteiger partial charge in [0, 0.05) is 10.6 Å². The number of amides is 1. The number of rotatable bonds is 5. The average Bonchev–Trinajstić information content (AvgIpc) is 2.81. The van der Waals surface area contributed by atoms with Crippen LogP contribution in [0.3, 0.4) is 0 Å². The highest BCUT2D eigenvalue weighted by molar-refractivity contribution is 8.38. The van der Waals surface area contributed by atoms with Gasteiger partial charge in [-0.05, 0) is 47.9 Å². The van der Waals surface area contributed by atoms with Crippen LogP contribution in [-0.2, 0) is 6.61 Å². The smallest absolute Gasteiger partial charge is 0.283 e. The van der Waals surface area contributed by atoms with Crippen molar-refractivity contribution in [3.05, 3.63) is 88.4 Å². The summed E-state index contributed by atoms with van der Waals surface area (Å²) in [4.78, 5) is 17.6. The zero-order valence-electron chi connectivity index (χ0n) is 17.0. The van der Waals surface area contributed by atoms with Crippen molar-refractivity contribution in [3.8, 4) is 22.9 Å². The molecule has 3 rings (SSSR count). The quantitative estimate of drug-likeness (QED) is 0.310. The van der Waals surface area contributed by atoms with Crippen molar-refractivity contribution in [2.24, 2.45) is 4.99 Å². The molecule has 0 fully saturated rings. The van der Waals surface area contributed by atoms with E-state index >= 15 is 0 Å². The summed E-state index contributed by atoms with van der Waals surface area (Å²) in [5.74, 6) is -0.0954. The van der Waals surface area contributed by atoms with Gasteiger partial charge in [-0.2, -0.15) is 10.3 Å². The van der Waals surface area contributed by atoms with Crippen LogP contribution in [0, 0.1) is 11.3 Å². The highest BCUT2D eigenvalue weighted by Crippen LogP contribution is 2.36. The maximum Gasteiger partial charge on any atom is 0.283 e. The molecule has 0 bridgehead atoms. The van der Waals surface area contributed by atoms with Gasteiger partial charge in [-0.3, -0.25) is 4.79 Å². The van der Waals surface area contributed by atoms with Gasteiger partial charge in [0.2, 0.25) is 0 Å². The second-order valence-electron chi connectivity index (χ2n) is 6.35. The Labute approximate surface area is 195 Å². The lowest BCUT2D eigenvalue weighted by atomic mass is 9.93. The van der Waals surface area contributed by atoms with E-state index in [1.54, 1.807) is 30.3 Å². The molecule has 0 N–H and O–H groups in total. The van der Waals surface area contributed by atoms with Crippen molar-refractivity contribution in [2.45, 2.75) is 6.61 Å². The van der Waals surface area contributed by atoms with E-state index in [2.05, 4.69) is 11.1 Å². The minimum absolute atomic E-state index is 0.248. The van der Waals surface area contributed by atoms with Crippen molar-refractivity contribution in [2.75, 3.05) is 12.5 Å². The molecule has 0 radical (unpaired) electrons. The topological polar surface area (TPSA) is 62.4 Å². The van der Waals surface area contributed by atoms with Gasteiger partial charge in [-0.25, -0.2) is 0 Å². The fourth-order valence-electron chi connectivity index (χ4n) is 3.00. The highest BCUT2D eigenvalue weighted by Gasteiger charge is 2.23. The lowest BCUT2D eigenvalue weighted by Gasteiger charge is -2.16. The molecule has 0 aliphatic carbocycles. The number of ether oxygens (including phenoxy) is 1. The Bertz CT molecular complexity index is 1150. The number of benzene rings is 3. The number of nitrogens with zero attached hydrogens (tertiary/aromatic N) is 2. The van der Waals surface area contributed by atoms with Crippen LogP contribution in [0.5, 0.6) is 5.75 Å². The predicted molar refractivity (Wildman–Crippen MR) is 131 cm³/mol. The van der Waals surface area contributed by atoms with Crippen LogP contribution in [0.1, 0.15) is 21.5 Å². The van der Waals surface area contributed by atoms with E-state index in [1.165, 1.54) is 23.5 Å². The number of hydrogen-bond donors (Lipinski definition) is 0. The van der Waals surface area contributed by atoms with E-state index in [0.717, 1.165) is 5.56 Å². The first-order valence-electron chi connectivity index (χ1n) is 9.28.